The second-order valence-electron chi connectivity index (χ2n) is 4.06. The van der Waals surface area contributed by atoms with Crippen LogP contribution < -0.4 is 4.74 Å². The third kappa shape index (κ3) is 2.52. The third-order valence-electron chi connectivity index (χ3n) is 3.01. The van der Waals surface area contributed by atoms with Gasteiger partial charge in [0, 0.05) is 5.56 Å². The van der Waals surface area contributed by atoms with Crippen molar-refractivity contribution in [3.05, 3.63) is 25.7 Å². The maximum absolute atomic E-state index is 12.0. The van der Waals surface area contributed by atoms with Crippen LogP contribution in [0.15, 0.2) is 0 Å². The molecule has 0 aliphatic carbocycles. The number of esters is 2. The second kappa shape index (κ2) is 6.08. The molecule has 2 rings (SSSR count). The zero-order valence-electron chi connectivity index (χ0n) is 10.7. The van der Waals surface area contributed by atoms with E-state index in [1.54, 1.807) is 0 Å². The Balaban J connectivity index is 2.69. The van der Waals surface area contributed by atoms with Gasteiger partial charge >= 0.3 is 11.9 Å². The van der Waals surface area contributed by atoms with Gasteiger partial charge in [0.25, 0.3) is 0 Å². The molecule has 2 atom stereocenters. The van der Waals surface area contributed by atoms with Gasteiger partial charge in [0.15, 0.2) is 0 Å². The highest BCUT2D eigenvalue weighted by atomic mass is 35.5. The number of ether oxygens (including phenoxy) is 3. The summed E-state index contributed by atoms with van der Waals surface area (Å²) in [6.07, 6.45) is -1.28. The molecule has 0 radical (unpaired) electrons. The highest BCUT2D eigenvalue weighted by Gasteiger charge is 2.49. The standard InChI is InChI=1S/C12H8Cl4O5/c1-19-11(17)4-3-5(13)6(14)7(15)8(16)9(3)21-10(4)12(18)20-2/h4,10H,1-2H3/t4-,10-/m0/s1. The van der Waals surface area contributed by atoms with Gasteiger partial charge in [-0.3, -0.25) is 4.79 Å². The molecule has 114 valence electrons. The minimum atomic E-state index is -1.28. The van der Waals surface area contributed by atoms with E-state index in [9.17, 15) is 9.59 Å². The number of carbonyl (C=O) groups is 2. The molecule has 0 aromatic heterocycles. The molecular formula is C12H8Cl4O5. The minimum Gasteiger partial charge on any atom is -0.475 e. The molecule has 1 aromatic carbocycles. The summed E-state index contributed by atoms with van der Waals surface area (Å²) in [5.74, 6) is -2.64. The molecule has 0 unspecified atom stereocenters. The summed E-state index contributed by atoms with van der Waals surface area (Å²) >= 11 is 24.0. The summed E-state index contributed by atoms with van der Waals surface area (Å²) in [6, 6.07) is 0. The Bertz CT molecular complexity index is 631. The van der Waals surface area contributed by atoms with Crippen LogP contribution in [-0.4, -0.2) is 32.3 Å². The fourth-order valence-electron chi connectivity index (χ4n) is 2.04. The van der Waals surface area contributed by atoms with Crippen molar-refractivity contribution in [2.75, 3.05) is 14.2 Å². The Morgan fingerprint density at radius 3 is 1.95 bits per heavy atom. The van der Waals surface area contributed by atoms with Crippen LogP contribution in [0, 0.1) is 0 Å². The average Bonchev–Trinajstić information content (AvgIpc) is 2.89. The van der Waals surface area contributed by atoms with Gasteiger partial charge in [0.2, 0.25) is 6.10 Å². The quantitative estimate of drug-likeness (QED) is 0.451. The molecule has 0 N–H and O–H groups in total. The van der Waals surface area contributed by atoms with Crippen molar-refractivity contribution in [3.8, 4) is 5.75 Å². The van der Waals surface area contributed by atoms with Crippen molar-refractivity contribution in [2.24, 2.45) is 0 Å². The van der Waals surface area contributed by atoms with Crippen molar-refractivity contribution in [3.63, 3.8) is 0 Å². The Morgan fingerprint density at radius 1 is 0.905 bits per heavy atom. The van der Waals surface area contributed by atoms with E-state index < -0.39 is 24.0 Å². The molecule has 0 amide bonds. The first-order chi connectivity index (χ1) is 9.84. The number of methoxy groups -OCH3 is 2. The average molecular weight is 374 g/mol. The van der Waals surface area contributed by atoms with Crippen molar-refractivity contribution in [1.29, 1.82) is 0 Å². The smallest absolute Gasteiger partial charge is 0.348 e. The lowest BCUT2D eigenvalue weighted by Crippen LogP contribution is -2.34. The van der Waals surface area contributed by atoms with Crippen LogP contribution in [0.3, 0.4) is 0 Å². The summed E-state index contributed by atoms with van der Waals surface area (Å²) in [5.41, 5.74) is 0.151. The molecular weight excluding hydrogens is 366 g/mol. The van der Waals surface area contributed by atoms with Crippen LogP contribution in [0.2, 0.25) is 20.1 Å². The number of hydrogen-bond donors (Lipinski definition) is 0. The minimum absolute atomic E-state index is 0.0156. The summed E-state index contributed by atoms with van der Waals surface area (Å²) < 4.78 is 14.7. The summed E-state index contributed by atoms with van der Waals surface area (Å²) in [6.45, 7) is 0. The van der Waals surface area contributed by atoms with Crippen molar-refractivity contribution >= 4 is 58.3 Å². The van der Waals surface area contributed by atoms with Gasteiger partial charge in [-0.1, -0.05) is 46.4 Å². The number of rotatable bonds is 2. The molecule has 9 heteroatoms. The highest BCUT2D eigenvalue weighted by molar-refractivity contribution is 6.52. The topological polar surface area (TPSA) is 61.8 Å². The predicted octanol–water partition coefficient (Wildman–Crippen LogP) is 3.49. The maximum atomic E-state index is 12.0. The predicted molar refractivity (Wildman–Crippen MR) is 77.7 cm³/mol. The van der Waals surface area contributed by atoms with E-state index in [0.717, 1.165) is 7.11 Å². The molecule has 0 spiro atoms. The summed E-state index contributed by atoms with van der Waals surface area (Å²) in [4.78, 5) is 23.8. The lowest BCUT2D eigenvalue weighted by atomic mass is 9.95. The number of benzene rings is 1. The lowest BCUT2D eigenvalue weighted by Gasteiger charge is -2.15. The zero-order valence-corrected chi connectivity index (χ0v) is 13.7. The van der Waals surface area contributed by atoms with E-state index in [-0.39, 0.29) is 31.4 Å². The van der Waals surface area contributed by atoms with E-state index in [4.69, 9.17) is 51.1 Å². The molecule has 5 nitrogen and oxygen atoms in total. The lowest BCUT2D eigenvalue weighted by molar-refractivity contribution is -0.155. The van der Waals surface area contributed by atoms with Gasteiger partial charge in [0.1, 0.15) is 16.7 Å². The van der Waals surface area contributed by atoms with Crippen molar-refractivity contribution in [1.82, 2.24) is 0 Å². The Kier molecular flexibility index (Phi) is 4.78. The molecule has 1 aliphatic heterocycles. The number of halogens is 4. The summed E-state index contributed by atoms with van der Waals surface area (Å²) in [7, 11) is 2.33. The van der Waals surface area contributed by atoms with E-state index in [1.165, 1.54) is 7.11 Å². The van der Waals surface area contributed by atoms with Gasteiger partial charge < -0.3 is 14.2 Å². The molecule has 0 fully saturated rings. The van der Waals surface area contributed by atoms with Crippen molar-refractivity contribution in [2.45, 2.75) is 12.0 Å². The molecule has 1 aromatic rings. The van der Waals surface area contributed by atoms with Crippen LogP contribution in [0.4, 0.5) is 0 Å². The molecule has 1 heterocycles. The Labute approximate surface area is 139 Å². The van der Waals surface area contributed by atoms with Crippen LogP contribution in [0.25, 0.3) is 0 Å². The van der Waals surface area contributed by atoms with Crippen LogP contribution in [0.5, 0.6) is 5.75 Å². The number of hydrogen-bond acceptors (Lipinski definition) is 5. The maximum Gasteiger partial charge on any atom is 0.348 e. The van der Waals surface area contributed by atoms with Gasteiger partial charge in [-0.05, 0) is 0 Å². The van der Waals surface area contributed by atoms with Gasteiger partial charge in [0.05, 0.1) is 29.3 Å². The SMILES string of the molecule is COC(=O)[C@H]1Oc2c(Cl)c(Cl)c(Cl)c(Cl)c2[C@@H]1C(=O)OC. The largest absolute Gasteiger partial charge is 0.475 e. The molecule has 0 bridgehead atoms. The van der Waals surface area contributed by atoms with Crippen LogP contribution in [0.1, 0.15) is 11.5 Å². The first-order valence-corrected chi connectivity index (χ1v) is 7.04. The zero-order chi connectivity index (χ0) is 15.9. The normalized spacial score (nSPS) is 19.7. The Hall–Kier alpha value is -0.880. The fraction of sp³-hybridized carbons (Fsp3) is 0.333. The fourth-order valence-corrected chi connectivity index (χ4v) is 3.05. The summed E-state index contributed by atoms with van der Waals surface area (Å²) in [5, 5.41) is -0.134. The Morgan fingerprint density at radius 2 is 1.43 bits per heavy atom. The van der Waals surface area contributed by atoms with Gasteiger partial charge in [-0.2, -0.15) is 0 Å². The van der Waals surface area contributed by atoms with E-state index in [1.807, 2.05) is 0 Å². The third-order valence-corrected chi connectivity index (χ3v) is 4.81. The van der Waals surface area contributed by atoms with Crippen molar-refractivity contribution < 1.29 is 23.8 Å². The monoisotopic (exact) mass is 372 g/mol. The molecule has 1 aliphatic rings. The second-order valence-corrected chi connectivity index (χ2v) is 5.57. The van der Waals surface area contributed by atoms with Crippen LogP contribution in [-0.2, 0) is 19.1 Å². The van der Waals surface area contributed by atoms with Gasteiger partial charge in [-0.25, -0.2) is 4.79 Å². The molecule has 0 saturated heterocycles. The number of carbonyl (C=O) groups excluding carboxylic acids is 2. The van der Waals surface area contributed by atoms with E-state index in [2.05, 4.69) is 9.47 Å². The van der Waals surface area contributed by atoms with E-state index >= 15 is 0 Å². The number of fused-ring (bicyclic) bond motifs is 1. The first kappa shape index (κ1) is 16.5. The molecule has 0 saturated carbocycles. The van der Waals surface area contributed by atoms with Crippen LogP contribution >= 0.6 is 46.4 Å². The highest BCUT2D eigenvalue weighted by Crippen LogP contribution is 2.53. The molecule has 21 heavy (non-hydrogen) atoms. The first-order valence-electron chi connectivity index (χ1n) is 5.53. The van der Waals surface area contributed by atoms with Gasteiger partial charge in [-0.15, -0.1) is 0 Å². The van der Waals surface area contributed by atoms with E-state index in [0.29, 0.717) is 0 Å².